The van der Waals surface area contributed by atoms with Crippen molar-refractivity contribution in [2.75, 3.05) is 19.7 Å². The molecule has 0 aromatic heterocycles. The molecule has 0 spiro atoms. The summed E-state index contributed by atoms with van der Waals surface area (Å²) in [6, 6.07) is -0.594. The van der Waals surface area contributed by atoms with Crippen molar-refractivity contribution >= 4 is 0 Å². The minimum atomic E-state index is -1.62. The van der Waals surface area contributed by atoms with Crippen molar-refractivity contribution in [3.05, 3.63) is 0 Å². The predicted octanol–water partition coefficient (Wildman–Crippen LogP) is -4.66. The van der Waals surface area contributed by atoms with Gasteiger partial charge >= 0.3 is 0 Å². The third-order valence-electron chi connectivity index (χ3n) is 5.15. The Morgan fingerprint density at radius 1 is 0.917 bits per heavy atom. The Bertz CT molecular complexity index is 438. The molecule has 0 radical (unpaired) electrons. The van der Waals surface area contributed by atoms with Gasteiger partial charge in [0.1, 0.15) is 36.6 Å². The van der Waals surface area contributed by atoms with Crippen molar-refractivity contribution in [1.82, 2.24) is 4.90 Å². The second-order valence-electron chi connectivity index (χ2n) is 6.70. The lowest BCUT2D eigenvalue weighted by Crippen LogP contribution is -2.65. The maximum atomic E-state index is 10.5. The normalized spacial score (nSPS) is 53.1. The van der Waals surface area contributed by atoms with Crippen LogP contribution in [0.1, 0.15) is 6.42 Å². The molecule has 0 aliphatic carbocycles. The lowest BCUT2D eigenvalue weighted by Gasteiger charge is -2.46. The van der Waals surface area contributed by atoms with Gasteiger partial charge in [0.25, 0.3) is 0 Å². The Labute approximate surface area is 138 Å². The van der Waals surface area contributed by atoms with E-state index in [1.807, 2.05) is 0 Å². The van der Waals surface area contributed by atoms with E-state index in [9.17, 15) is 35.7 Å². The summed E-state index contributed by atoms with van der Waals surface area (Å²) in [5, 5.41) is 69.4. The first-order valence-electron chi connectivity index (χ1n) is 8.09. The van der Waals surface area contributed by atoms with Gasteiger partial charge in [-0.1, -0.05) is 0 Å². The molecule has 0 aromatic carbocycles. The Kier molecular flexibility index (Phi) is 5.42. The molecule has 3 rings (SSSR count). The molecule has 3 fully saturated rings. The van der Waals surface area contributed by atoms with E-state index in [1.165, 1.54) is 0 Å². The molecule has 0 aromatic rings. The molecule has 10 nitrogen and oxygen atoms in total. The Morgan fingerprint density at radius 3 is 2.29 bits per heavy atom. The number of hydrogen-bond donors (Lipinski definition) is 7. The number of ether oxygens (including phenoxy) is 2. The highest BCUT2D eigenvalue weighted by Crippen LogP contribution is 2.32. The van der Waals surface area contributed by atoms with E-state index in [-0.39, 0.29) is 6.54 Å². The lowest BCUT2D eigenvalue weighted by atomic mass is 9.92. The van der Waals surface area contributed by atoms with Crippen LogP contribution in [0.3, 0.4) is 0 Å². The van der Waals surface area contributed by atoms with Gasteiger partial charge in [-0.2, -0.15) is 0 Å². The fourth-order valence-electron chi connectivity index (χ4n) is 3.79. The second-order valence-corrected chi connectivity index (χ2v) is 6.70. The number of aliphatic hydroxyl groups is 7. The van der Waals surface area contributed by atoms with Crippen LogP contribution in [0.4, 0.5) is 0 Å². The largest absolute Gasteiger partial charge is 0.394 e. The predicted molar refractivity (Wildman–Crippen MR) is 76.6 cm³/mol. The molecule has 3 heterocycles. The number of rotatable bonds is 3. The van der Waals surface area contributed by atoms with Gasteiger partial charge in [-0.3, -0.25) is 4.90 Å². The number of piperidine rings is 1. The molecule has 7 N–H and O–H groups in total. The monoisotopic (exact) mass is 351 g/mol. The molecule has 3 aliphatic heterocycles. The maximum Gasteiger partial charge on any atom is 0.187 e. The van der Waals surface area contributed by atoms with Crippen LogP contribution in [-0.4, -0.2) is 122 Å². The van der Waals surface area contributed by atoms with E-state index in [0.717, 1.165) is 0 Å². The van der Waals surface area contributed by atoms with Crippen molar-refractivity contribution in [1.29, 1.82) is 0 Å². The molecule has 24 heavy (non-hydrogen) atoms. The molecule has 3 aliphatic rings. The summed E-state index contributed by atoms with van der Waals surface area (Å²) in [6.07, 6.45) is -11.1. The van der Waals surface area contributed by atoms with Crippen molar-refractivity contribution in [3.8, 4) is 0 Å². The minimum Gasteiger partial charge on any atom is -0.394 e. The first-order chi connectivity index (χ1) is 11.3. The van der Waals surface area contributed by atoms with Gasteiger partial charge in [0, 0.05) is 13.1 Å². The molecule has 0 unspecified atom stereocenters. The summed E-state index contributed by atoms with van der Waals surface area (Å²) < 4.78 is 10.7. The summed E-state index contributed by atoms with van der Waals surface area (Å²) in [5.74, 6) is 0. The SMILES string of the molecule is OC[C@H]1O[C@H](O[C@H]2[C@H](O)[C@H]3[C@@H](O)CCN3C[C@@H]2O)[C@H](O)[C@@H](O)[C@@H]1O. The Balaban J connectivity index is 1.72. The molecule has 140 valence electrons. The van der Waals surface area contributed by atoms with Crippen LogP contribution in [0.15, 0.2) is 0 Å². The Hall–Kier alpha value is -0.400. The highest BCUT2D eigenvalue weighted by atomic mass is 16.7. The van der Waals surface area contributed by atoms with Gasteiger partial charge in [-0.15, -0.1) is 0 Å². The number of hydrogen-bond acceptors (Lipinski definition) is 10. The van der Waals surface area contributed by atoms with E-state index in [1.54, 1.807) is 4.90 Å². The maximum absolute atomic E-state index is 10.5. The average Bonchev–Trinajstić information content (AvgIpc) is 2.92. The zero-order valence-electron chi connectivity index (χ0n) is 13.0. The van der Waals surface area contributed by atoms with Crippen LogP contribution in [0.25, 0.3) is 0 Å². The number of nitrogens with zero attached hydrogens (tertiary/aromatic N) is 1. The molecule has 0 amide bonds. The van der Waals surface area contributed by atoms with Gasteiger partial charge in [-0.25, -0.2) is 0 Å². The van der Waals surface area contributed by atoms with Crippen LogP contribution in [-0.2, 0) is 9.47 Å². The molecule has 10 atom stereocenters. The van der Waals surface area contributed by atoms with Crippen LogP contribution in [0, 0.1) is 0 Å². The fourth-order valence-corrected chi connectivity index (χ4v) is 3.79. The molecule has 0 saturated carbocycles. The van der Waals surface area contributed by atoms with E-state index in [2.05, 4.69) is 0 Å². The summed E-state index contributed by atoms with van der Waals surface area (Å²) >= 11 is 0. The lowest BCUT2D eigenvalue weighted by molar-refractivity contribution is -0.329. The minimum absolute atomic E-state index is 0.181. The van der Waals surface area contributed by atoms with Gasteiger partial charge < -0.3 is 45.2 Å². The van der Waals surface area contributed by atoms with Crippen molar-refractivity contribution < 1.29 is 45.2 Å². The van der Waals surface area contributed by atoms with Crippen molar-refractivity contribution in [3.63, 3.8) is 0 Å². The summed E-state index contributed by atoms with van der Waals surface area (Å²) in [4.78, 5) is 1.77. The van der Waals surface area contributed by atoms with Gasteiger partial charge in [0.15, 0.2) is 6.29 Å². The highest BCUT2D eigenvalue weighted by Gasteiger charge is 2.52. The van der Waals surface area contributed by atoms with Gasteiger partial charge in [-0.05, 0) is 6.42 Å². The van der Waals surface area contributed by atoms with Crippen LogP contribution in [0.5, 0.6) is 0 Å². The third-order valence-corrected chi connectivity index (χ3v) is 5.15. The third kappa shape index (κ3) is 3.07. The number of fused-ring (bicyclic) bond motifs is 1. The zero-order valence-corrected chi connectivity index (χ0v) is 13.0. The number of aliphatic hydroxyl groups excluding tert-OH is 7. The van der Waals surface area contributed by atoms with Crippen LogP contribution < -0.4 is 0 Å². The van der Waals surface area contributed by atoms with Gasteiger partial charge in [0.05, 0.1) is 24.9 Å². The summed E-state index contributed by atoms with van der Waals surface area (Å²) in [5.41, 5.74) is 0. The van der Waals surface area contributed by atoms with Gasteiger partial charge in [0.2, 0.25) is 0 Å². The van der Waals surface area contributed by atoms with Crippen LogP contribution in [0.2, 0.25) is 0 Å². The molecular formula is C14H25NO9. The highest BCUT2D eigenvalue weighted by molar-refractivity contribution is 5.02. The molecular weight excluding hydrogens is 326 g/mol. The standard InChI is InChI=1S/C14H25NO9/c16-4-7-9(19)11(21)12(22)14(23-7)24-13-6(18)3-15-2-1-5(17)8(15)10(13)20/h5-14,16-22H,1-4H2/t5-,6-,7+,8+,9+,10+,11-,12+,13+,14+/m0/s1. The van der Waals surface area contributed by atoms with E-state index in [0.29, 0.717) is 13.0 Å². The average molecular weight is 351 g/mol. The quantitative estimate of drug-likeness (QED) is 0.263. The zero-order chi connectivity index (χ0) is 17.6. The summed E-state index contributed by atoms with van der Waals surface area (Å²) in [6.45, 7) is 0.128. The second kappa shape index (κ2) is 7.08. The molecule has 0 bridgehead atoms. The summed E-state index contributed by atoms with van der Waals surface area (Å²) in [7, 11) is 0. The van der Waals surface area contributed by atoms with Crippen molar-refractivity contribution in [2.45, 2.75) is 67.6 Å². The van der Waals surface area contributed by atoms with Crippen molar-refractivity contribution in [2.24, 2.45) is 0 Å². The smallest absolute Gasteiger partial charge is 0.187 e. The van der Waals surface area contributed by atoms with E-state index >= 15 is 0 Å². The first kappa shape index (κ1) is 18.4. The van der Waals surface area contributed by atoms with E-state index in [4.69, 9.17) is 9.47 Å². The topological polar surface area (TPSA) is 163 Å². The Morgan fingerprint density at radius 2 is 1.62 bits per heavy atom. The molecule has 3 saturated heterocycles. The van der Waals surface area contributed by atoms with Crippen LogP contribution >= 0.6 is 0 Å². The fraction of sp³-hybridized carbons (Fsp3) is 1.00. The van der Waals surface area contributed by atoms with E-state index < -0.39 is 67.8 Å². The first-order valence-corrected chi connectivity index (χ1v) is 8.09. The molecule has 10 heteroatoms.